The number of aromatic nitrogens is 3. The molecular formula is C18H20N6. The minimum Gasteiger partial charge on any atom is -0.353 e. The van der Waals surface area contributed by atoms with Crippen molar-refractivity contribution in [3.8, 4) is 6.07 Å². The molecule has 1 aliphatic carbocycles. The molecule has 1 atom stereocenters. The molecule has 0 spiro atoms. The van der Waals surface area contributed by atoms with Gasteiger partial charge in [-0.15, -0.1) is 0 Å². The van der Waals surface area contributed by atoms with Crippen molar-refractivity contribution < 1.29 is 0 Å². The maximum Gasteiger partial charge on any atom is 0.146 e. The van der Waals surface area contributed by atoms with E-state index in [-0.39, 0.29) is 0 Å². The van der Waals surface area contributed by atoms with E-state index in [9.17, 15) is 5.26 Å². The lowest BCUT2D eigenvalue weighted by molar-refractivity contribution is 0.624. The molecule has 1 aliphatic heterocycles. The van der Waals surface area contributed by atoms with Crippen LogP contribution >= 0.6 is 0 Å². The summed E-state index contributed by atoms with van der Waals surface area (Å²) in [5, 5.41) is 9.38. The Morgan fingerprint density at radius 1 is 1.21 bits per heavy atom. The lowest BCUT2D eigenvalue weighted by atomic mass is 10.2. The molecule has 1 saturated carbocycles. The van der Waals surface area contributed by atoms with Crippen LogP contribution in [0.5, 0.6) is 0 Å². The first-order valence-corrected chi connectivity index (χ1v) is 8.43. The van der Waals surface area contributed by atoms with Gasteiger partial charge in [0.05, 0.1) is 5.56 Å². The highest BCUT2D eigenvalue weighted by atomic mass is 15.3. The summed E-state index contributed by atoms with van der Waals surface area (Å²) in [7, 11) is 0. The fourth-order valence-electron chi connectivity index (χ4n) is 3.49. The molecule has 0 aromatic carbocycles. The highest BCUT2D eigenvalue weighted by Crippen LogP contribution is 2.35. The molecule has 122 valence electrons. The van der Waals surface area contributed by atoms with Crippen molar-refractivity contribution in [2.75, 3.05) is 22.9 Å². The van der Waals surface area contributed by atoms with Gasteiger partial charge in [-0.2, -0.15) is 5.26 Å². The summed E-state index contributed by atoms with van der Waals surface area (Å²) in [6.07, 6.45) is 6.94. The van der Waals surface area contributed by atoms with Gasteiger partial charge in [-0.05, 0) is 44.4 Å². The summed E-state index contributed by atoms with van der Waals surface area (Å²) in [5.41, 5.74) is 1.60. The maximum absolute atomic E-state index is 9.38. The molecule has 1 unspecified atom stereocenters. The second-order valence-electron chi connectivity index (χ2n) is 6.53. The van der Waals surface area contributed by atoms with E-state index in [1.807, 2.05) is 25.1 Å². The van der Waals surface area contributed by atoms with E-state index >= 15 is 0 Å². The van der Waals surface area contributed by atoms with Crippen LogP contribution in [0.2, 0.25) is 0 Å². The summed E-state index contributed by atoms with van der Waals surface area (Å²) >= 11 is 0. The number of aryl methyl sites for hydroxylation is 1. The lowest BCUT2D eigenvalue weighted by Gasteiger charge is -2.30. The van der Waals surface area contributed by atoms with Gasteiger partial charge in [-0.25, -0.2) is 15.0 Å². The van der Waals surface area contributed by atoms with Crippen LogP contribution in [0.1, 0.15) is 30.5 Å². The molecule has 24 heavy (non-hydrogen) atoms. The number of hydrogen-bond acceptors (Lipinski definition) is 6. The van der Waals surface area contributed by atoms with E-state index < -0.39 is 0 Å². The minimum absolute atomic E-state index is 0.404. The van der Waals surface area contributed by atoms with Crippen molar-refractivity contribution in [1.29, 1.82) is 5.26 Å². The third-order valence-corrected chi connectivity index (χ3v) is 4.76. The molecule has 6 nitrogen and oxygen atoms in total. The van der Waals surface area contributed by atoms with Crippen molar-refractivity contribution in [2.24, 2.45) is 0 Å². The van der Waals surface area contributed by atoms with Gasteiger partial charge in [0.25, 0.3) is 0 Å². The summed E-state index contributed by atoms with van der Waals surface area (Å²) in [6.45, 7) is 3.77. The standard InChI is InChI=1S/C18H20N6/c1-13-2-3-14(10-19)18(22-13)23-9-7-16(11-23)24(15-4-5-15)17-6-8-20-12-21-17/h2-3,6,8,12,15-16H,4-5,7,9,11H2,1H3. The number of hydrogen-bond donors (Lipinski definition) is 0. The average molecular weight is 320 g/mol. The molecule has 0 N–H and O–H groups in total. The third kappa shape index (κ3) is 2.78. The Morgan fingerprint density at radius 3 is 2.79 bits per heavy atom. The fraction of sp³-hybridized carbons (Fsp3) is 0.444. The molecule has 2 aromatic rings. The van der Waals surface area contributed by atoms with Crippen molar-refractivity contribution in [3.63, 3.8) is 0 Å². The Labute approximate surface area is 141 Å². The van der Waals surface area contributed by atoms with Gasteiger partial charge in [-0.3, -0.25) is 0 Å². The largest absolute Gasteiger partial charge is 0.353 e. The van der Waals surface area contributed by atoms with Crippen molar-refractivity contribution in [2.45, 2.75) is 38.3 Å². The number of rotatable bonds is 4. The topological polar surface area (TPSA) is 68.9 Å². The van der Waals surface area contributed by atoms with Crippen LogP contribution in [0, 0.1) is 18.3 Å². The smallest absolute Gasteiger partial charge is 0.146 e. The van der Waals surface area contributed by atoms with E-state index in [1.54, 1.807) is 12.5 Å². The second-order valence-corrected chi connectivity index (χ2v) is 6.53. The van der Waals surface area contributed by atoms with Crippen molar-refractivity contribution >= 4 is 11.6 Å². The Morgan fingerprint density at radius 2 is 2.08 bits per heavy atom. The van der Waals surface area contributed by atoms with E-state index in [2.05, 4.69) is 30.8 Å². The molecule has 1 saturated heterocycles. The minimum atomic E-state index is 0.404. The second kappa shape index (κ2) is 6.08. The van der Waals surface area contributed by atoms with E-state index in [0.717, 1.165) is 36.8 Å². The molecule has 4 rings (SSSR count). The van der Waals surface area contributed by atoms with Crippen LogP contribution < -0.4 is 9.80 Å². The summed E-state index contributed by atoms with van der Waals surface area (Å²) in [4.78, 5) is 17.8. The Balaban J connectivity index is 1.58. The van der Waals surface area contributed by atoms with E-state index in [1.165, 1.54) is 12.8 Å². The highest BCUT2D eigenvalue weighted by molar-refractivity contribution is 5.56. The SMILES string of the molecule is Cc1ccc(C#N)c(N2CCC(N(c3ccncn3)C3CC3)C2)n1. The van der Waals surface area contributed by atoms with Crippen LogP contribution in [0.4, 0.5) is 11.6 Å². The third-order valence-electron chi connectivity index (χ3n) is 4.76. The Bertz CT molecular complexity index is 765. The van der Waals surface area contributed by atoms with E-state index in [4.69, 9.17) is 0 Å². The number of pyridine rings is 1. The molecule has 3 heterocycles. The molecule has 0 amide bonds. The zero-order chi connectivity index (χ0) is 16.5. The molecule has 6 heteroatoms. The van der Waals surface area contributed by atoms with Gasteiger partial charge in [-0.1, -0.05) is 0 Å². The summed E-state index contributed by atoms with van der Waals surface area (Å²) in [5.74, 6) is 1.83. The van der Waals surface area contributed by atoms with Gasteiger partial charge in [0.2, 0.25) is 0 Å². The highest BCUT2D eigenvalue weighted by Gasteiger charge is 2.38. The number of nitriles is 1. The molecule has 2 aromatic heterocycles. The zero-order valence-electron chi connectivity index (χ0n) is 13.8. The van der Waals surface area contributed by atoms with Gasteiger partial charge in [0, 0.05) is 37.1 Å². The monoisotopic (exact) mass is 320 g/mol. The van der Waals surface area contributed by atoms with Crippen LogP contribution in [0.25, 0.3) is 0 Å². The Kier molecular flexibility index (Phi) is 3.77. The first-order valence-electron chi connectivity index (χ1n) is 8.43. The van der Waals surface area contributed by atoms with Gasteiger partial charge < -0.3 is 9.80 Å². The van der Waals surface area contributed by atoms with Crippen LogP contribution in [0.3, 0.4) is 0 Å². The van der Waals surface area contributed by atoms with Crippen LogP contribution in [-0.4, -0.2) is 40.1 Å². The first kappa shape index (κ1) is 14.9. The molecule has 2 fully saturated rings. The summed E-state index contributed by atoms with van der Waals surface area (Å²) < 4.78 is 0. The normalized spacial score (nSPS) is 20.0. The summed E-state index contributed by atoms with van der Waals surface area (Å²) in [6, 6.07) is 9.02. The van der Waals surface area contributed by atoms with Crippen LogP contribution in [0.15, 0.2) is 30.7 Å². The maximum atomic E-state index is 9.38. The average Bonchev–Trinajstić information content (AvgIpc) is 3.32. The van der Waals surface area contributed by atoms with Gasteiger partial charge in [0.1, 0.15) is 24.0 Å². The quantitative estimate of drug-likeness (QED) is 0.861. The lowest BCUT2D eigenvalue weighted by Crippen LogP contribution is -2.40. The number of nitrogens with zero attached hydrogens (tertiary/aromatic N) is 6. The van der Waals surface area contributed by atoms with Gasteiger partial charge >= 0.3 is 0 Å². The molecule has 0 bridgehead atoms. The van der Waals surface area contributed by atoms with Crippen molar-refractivity contribution in [3.05, 3.63) is 42.0 Å². The van der Waals surface area contributed by atoms with Crippen LogP contribution in [-0.2, 0) is 0 Å². The predicted molar refractivity (Wildman–Crippen MR) is 91.8 cm³/mol. The van der Waals surface area contributed by atoms with Gasteiger partial charge in [0.15, 0.2) is 0 Å². The van der Waals surface area contributed by atoms with E-state index in [0.29, 0.717) is 17.6 Å². The molecular weight excluding hydrogens is 300 g/mol. The fourth-order valence-corrected chi connectivity index (χ4v) is 3.49. The molecule has 2 aliphatic rings. The Hall–Kier alpha value is -2.68. The predicted octanol–water partition coefficient (Wildman–Crippen LogP) is 2.30. The molecule has 0 radical (unpaired) electrons. The first-order chi connectivity index (χ1) is 11.8. The zero-order valence-corrected chi connectivity index (χ0v) is 13.8. The van der Waals surface area contributed by atoms with Crippen molar-refractivity contribution in [1.82, 2.24) is 15.0 Å². The number of anilines is 2.